The van der Waals surface area contributed by atoms with Crippen molar-refractivity contribution in [2.75, 3.05) is 32.8 Å². The van der Waals surface area contributed by atoms with Crippen LogP contribution in [0.25, 0.3) is 0 Å². The summed E-state index contributed by atoms with van der Waals surface area (Å²) in [6.45, 7) is 7.10. The summed E-state index contributed by atoms with van der Waals surface area (Å²) in [5, 5.41) is 4.22. The summed E-state index contributed by atoms with van der Waals surface area (Å²) < 4.78 is 7.57. The molecule has 6 heteroatoms. The van der Waals surface area contributed by atoms with Gasteiger partial charge in [0, 0.05) is 51.5 Å². The molecular formula is C17H28N4O2. The van der Waals surface area contributed by atoms with Crippen molar-refractivity contribution in [3.63, 3.8) is 0 Å². The molecule has 2 heterocycles. The Hall–Kier alpha value is -1.40. The summed E-state index contributed by atoms with van der Waals surface area (Å²) in [5.74, 6) is 0.846. The van der Waals surface area contributed by atoms with Crippen LogP contribution >= 0.6 is 0 Å². The van der Waals surface area contributed by atoms with Gasteiger partial charge in [-0.15, -0.1) is 0 Å². The Labute approximate surface area is 138 Å². The van der Waals surface area contributed by atoms with E-state index in [0.717, 1.165) is 45.8 Å². The van der Waals surface area contributed by atoms with Gasteiger partial charge in [0.15, 0.2) is 0 Å². The van der Waals surface area contributed by atoms with Crippen LogP contribution in [0, 0.1) is 5.92 Å². The van der Waals surface area contributed by atoms with E-state index in [1.165, 1.54) is 18.4 Å². The van der Waals surface area contributed by atoms with Crippen LogP contribution in [0.15, 0.2) is 12.4 Å². The molecule has 0 bridgehead atoms. The van der Waals surface area contributed by atoms with E-state index in [0.29, 0.717) is 5.92 Å². The van der Waals surface area contributed by atoms with Crippen LogP contribution < -0.4 is 0 Å². The van der Waals surface area contributed by atoms with Gasteiger partial charge < -0.3 is 9.64 Å². The van der Waals surface area contributed by atoms with E-state index in [9.17, 15) is 4.79 Å². The second kappa shape index (κ2) is 7.45. The lowest BCUT2D eigenvalue weighted by atomic mass is 10.3. The third-order valence-corrected chi connectivity index (χ3v) is 4.69. The first kappa shape index (κ1) is 16.5. The molecule has 6 nitrogen and oxygen atoms in total. The summed E-state index contributed by atoms with van der Waals surface area (Å²) in [5.41, 5.74) is 1.23. The van der Waals surface area contributed by atoms with Crippen molar-refractivity contribution in [3.05, 3.63) is 18.0 Å². The van der Waals surface area contributed by atoms with Crippen LogP contribution in [0.2, 0.25) is 0 Å². The highest BCUT2D eigenvalue weighted by Crippen LogP contribution is 2.29. The fourth-order valence-corrected chi connectivity index (χ4v) is 3.05. The number of carbonyl (C=O) groups is 1. The predicted molar refractivity (Wildman–Crippen MR) is 87.8 cm³/mol. The Kier molecular flexibility index (Phi) is 5.33. The zero-order chi connectivity index (χ0) is 16.2. The maximum atomic E-state index is 12.5. The minimum atomic E-state index is -0.305. The Morgan fingerprint density at radius 1 is 1.35 bits per heavy atom. The van der Waals surface area contributed by atoms with Gasteiger partial charge in [-0.05, 0) is 32.1 Å². The predicted octanol–water partition coefficient (Wildman–Crippen LogP) is 1.27. The zero-order valence-corrected chi connectivity index (χ0v) is 14.3. The molecule has 1 aliphatic heterocycles. The standard InChI is InChI=1S/C17H28N4O2/c1-14(23-13-15-4-5-15)17(22)21-7-3-6-20(8-9-21)12-16-10-18-19(2)11-16/h10-11,14-15H,3-9,12-13H2,1-2H3. The van der Waals surface area contributed by atoms with E-state index in [2.05, 4.69) is 16.2 Å². The summed E-state index contributed by atoms with van der Waals surface area (Å²) >= 11 is 0. The number of hydrogen-bond donors (Lipinski definition) is 0. The molecule has 2 aliphatic rings. The monoisotopic (exact) mass is 320 g/mol. The average molecular weight is 320 g/mol. The first-order valence-electron chi connectivity index (χ1n) is 8.72. The number of aryl methyl sites for hydroxylation is 1. The van der Waals surface area contributed by atoms with Crippen molar-refractivity contribution >= 4 is 5.91 Å². The zero-order valence-electron chi connectivity index (χ0n) is 14.3. The van der Waals surface area contributed by atoms with Crippen molar-refractivity contribution in [2.24, 2.45) is 13.0 Å². The lowest BCUT2D eigenvalue weighted by Crippen LogP contribution is -2.41. The number of aromatic nitrogens is 2. The molecule has 1 aromatic rings. The number of amides is 1. The normalized spacial score (nSPS) is 21.2. The minimum Gasteiger partial charge on any atom is -0.368 e. The summed E-state index contributed by atoms with van der Waals surface area (Å²) in [6, 6.07) is 0. The molecule has 0 spiro atoms. The first-order chi connectivity index (χ1) is 11.1. The molecule has 1 saturated carbocycles. The van der Waals surface area contributed by atoms with Crippen molar-refractivity contribution < 1.29 is 9.53 Å². The second-order valence-electron chi connectivity index (χ2n) is 6.90. The Morgan fingerprint density at radius 2 is 2.17 bits per heavy atom. The van der Waals surface area contributed by atoms with E-state index in [-0.39, 0.29) is 12.0 Å². The Bertz CT molecular complexity index is 526. The molecule has 23 heavy (non-hydrogen) atoms. The molecule has 0 radical (unpaired) electrons. The van der Waals surface area contributed by atoms with Gasteiger partial charge in [0.05, 0.1) is 12.8 Å². The van der Waals surface area contributed by atoms with E-state index >= 15 is 0 Å². The topological polar surface area (TPSA) is 50.6 Å². The fraction of sp³-hybridized carbons (Fsp3) is 0.765. The van der Waals surface area contributed by atoms with Gasteiger partial charge in [-0.1, -0.05) is 0 Å². The quantitative estimate of drug-likeness (QED) is 0.792. The largest absolute Gasteiger partial charge is 0.368 e. The third kappa shape index (κ3) is 4.78. The van der Waals surface area contributed by atoms with E-state index in [4.69, 9.17) is 4.74 Å². The molecule has 1 unspecified atom stereocenters. The Morgan fingerprint density at radius 3 is 2.87 bits per heavy atom. The van der Waals surface area contributed by atoms with Gasteiger partial charge in [0.2, 0.25) is 0 Å². The van der Waals surface area contributed by atoms with Crippen LogP contribution in [0.3, 0.4) is 0 Å². The highest BCUT2D eigenvalue weighted by atomic mass is 16.5. The fourth-order valence-electron chi connectivity index (χ4n) is 3.05. The maximum Gasteiger partial charge on any atom is 0.251 e. The number of carbonyl (C=O) groups excluding carboxylic acids is 1. The van der Waals surface area contributed by atoms with Crippen LogP contribution in [0.4, 0.5) is 0 Å². The van der Waals surface area contributed by atoms with E-state index in [1.54, 1.807) is 0 Å². The number of ether oxygens (including phenoxy) is 1. The Balaban J connectivity index is 1.46. The van der Waals surface area contributed by atoms with Crippen LogP contribution in [0.5, 0.6) is 0 Å². The average Bonchev–Trinajstić information content (AvgIpc) is 3.31. The van der Waals surface area contributed by atoms with Crippen molar-refractivity contribution in [2.45, 2.75) is 38.8 Å². The second-order valence-corrected chi connectivity index (χ2v) is 6.90. The van der Waals surface area contributed by atoms with E-state index in [1.807, 2.05) is 29.7 Å². The smallest absolute Gasteiger partial charge is 0.251 e. The molecule has 128 valence electrons. The molecule has 1 aromatic heterocycles. The molecule has 1 aliphatic carbocycles. The van der Waals surface area contributed by atoms with Gasteiger partial charge in [-0.2, -0.15) is 5.10 Å². The van der Waals surface area contributed by atoms with Crippen LogP contribution in [0.1, 0.15) is 31.7 Å². The van der Waals surface area contributed by atoms with Gasteiger partial charge in [0.1, 0.15) is 6.10 Å². The van der Waals surface area contributed by atoms with Gasteiger partial charge in [-0.3, -0.25) is 14.4 Å². The van der Waals surface area contributed by atoms with Crippen molar-refractivity contribution in [1.82, 2.24) is 19.6 Å². The van der Waals surface area contributed by atoms with Crippen LogP contribution in [-0.4, -0.2) is 64.4 Å². The first-order valence-corrected chi connectivity index (χ1v) is 8.72. The highest BCUT2D eigenvalue weighted by Gasteiger charge is 2.27. The summed E-state index contributed by atoms with van der Waals surface area (Å²) in [6.07, 6.45) is 7.20. The molecule has 1 amide bonds. The molecule has 1 atom stereocenters. The van der Waals surface area contributed by atoms with Crippen molar-refractivity contribution in [1.29, 1.82) is 0 Å². The van der Waals surface area contributed by atoms with E-state index < -0.39 is 0 Å². The number of rotatable bonds is 6. The molecule has 3 rings (SSSR count). The lowest BCUT2D eigenvalue weighted by Gasteiger charge is -2.24. The van der Waals surface area contributed by atoms with Crippen molar-refractivity contribution in [3.8, 4) is 0 Å². The molecule has 2 fully saturated rings. The third-order valence-electron chi connectivity index (χ3n) is 4.69. The summed E-state index contributed by atoms with van der Waals surface area (Å²) in [7, 11) is 1.94. The number of hydrogen-bond acceptors (Lipinski definition) is 4. The molecule has 1 saturated heterocycles. The number of nitrogens with zero attached hydrogens (tertiary/aromatic N) is 4. The molecule has 0 N–H and O–H groups in total. The summed E-state index contributed by atoms with van der Waals surface area (Å²) in [4.78, 5) is 16.9. The lowest BCUT2D eigenvalue weighted by molar-refractivity contribution is -0.142. The molecular weight excluding hydrogens is 292 g/mol. The van der Waals surface area contributed by atoms with Gasteiger partial charge in [0.25, 0.3) is 5.91 Å². The van der Waals surface area contributed by atoms with Crippen LogP contribution in [-0.2, 0) is 23.1 Å². The van der Waals surface area contributed by atoms with Gasteiger partial charge >= 0.3 is 0 Å². The molecule has 0 aromatic carbocycles. The highest BCUT2D eigenvalue weighted by molar-refractivity contribution is 5.80. The SMILES string of the molecule is CC(OCC1CC1)C(=O)N1CCCN(Cc2cnn(C)c2)CC1. The maximum absolute atomic E-state index is 12.5. The minimum absolute atomic E-state index is 0.147. The van der Waals surface area contributed by atoms with Gasteiger partial charge in [-0.25, -0.2) is 0 Å².